The van der Waals surface area contributed by atoms with Crippen molar-refractivity contribution in [3.05, 3.63) is 36.0 Å². The third-order valence-corrected chi connectivity index (χ3v) is 2.93. The summed E-state index contributed by atoms with van der Waals surface area (Å²) in [4.78, 5) is 11.0. The number of rotatable bonds is 7. The number of hydrogen-bond donors (Lipinski definition) is 2. The summed E-state index contributed by atoms with van der Waals surface area (Å²) in [7, 11) is 0. The van der Waals surface area contributed by atoms with Gasteiger partial charge in [-0.25, -0.2) is 4.39 Å². The molecule has 1 heterocycles. The Balaban J connectivity index is 2.00. The van der Waals surface area contributed by atoms with Gasteiger partial charge in [0, 0.05) is 5.56 Å². The minimum atomic E-state index is -0.907. The van der Waals surface area contributed by atoms with E-state index < -0.39 is 12.0 Å². The van der Waals surface area contributed by atoms with Crippen LogP contribution in [-0.4, -0.2) is 27.3 Å². The van der Waals surface area contributed by atoms with Crippen LogP contribution in [0.25, 0.3) is 11.5 Å². The maximum absolute atomic E-state index is 12.8. The number of nitrogens with one attached hydrogen (secondary N) is 1. The molecule has 21 heavy (non-hydrogen) atoms. The molecule has 6 nitrogen and oxygen atoms in total. The van der Waals surface area contributed by atoms with Crippen LogP contribution in [0.1, 0.15) is 25.7 Å². The van der Waals surface area contributed by atoms with Crippen LogP contribution >= 0.6 is 0 Å². The zero-order valence-corrected chi connectivity index (χ0v) is 11.5. The van der Waals surface area contributed by atoms with Gasteiger partial charge in [-0.05, 0) is 30.7 Å². The number of halogens is 1. The highest BCUT2D eigenvalue weighted by atomic mass is 19.1. The third kappa shape index (κ3) is 4.09. The van der Waals surface area contributed by atoms with Crippen LogP contribution in [0.15, 0.2) is 28.7 Å². The second-order valence-electron chi connectivity index (χ2n) is 4.57. The summed E-state index contributed by atoms with van der Waals surface area (Å²) in [5.74, 6) is -0.690. The summed E-state index contributed by atoms with van der Waals surface area (Å²) in [6, 6.07) is 5.04. The van der Waals surface area contributed by atoms with E-state index in [1.165, 1.54) is 24.3 Å². The Kier molecular flexibility index (Phi) is 4.99. The van der Waals surface area contributed by atoms with Crippen LogP contribution in [0.3, 0.4) is 0 Å². The van der Waals surface area contributed by atoms with Crippen LogP contribution in [0, 0.1) is 5.82 Å². The summed E-state index contributed by atoms with van der Waals surface area (Å²) in [5, 5.41) is 19.6. The molecule has 1 atom stereocenters. The van der Waals surface area contributed by atoms with E-state index in [0.717, 1.165) is 6.42 Å². The van der Waals surface area contributed by atoms with Gasteiger partial charge in [0.2, 0.25) is 11.8 Å². The number of carboxylic acid groups (broad SMARTS) is 1. The van der Waals surface area contributed by atoms with Gasteiger partial charge < -0.3 is 9.52 Å². The molecule has 1 aromatic heterocycles. The van der Waals surface area contributed by atoms with E-state index in [-0.39, 0.29) is 24.1 Å². The van der Waals surface area contributed by atoms with E-state index in [2.05, 4.69) is 15.5 Å². The Hall–Kier alpha value is -2.28. The number of carboxylic acids is 1. The van der Waals surface area contributed by atoms with E-state index in [4.69, 9.17) is 9.52 Å². The largest absolute Gasteiger partial charge is 0.480 e. The molecule has 0 amide bonds. The van der Waals surface area contributed by atoms with Crippen LogP contribution < -0.4 is 5.32 Å². The lowest BCUT2D eigenvalue weighted by Gasteiger charge is -2.11. The van der Waals surface area contributed by atoms with E-state index in [1.54, 1.807) is 0 Å². The van der Waals surface area contributed by atoms with Crippen molar-refractivity contribution >= 4 is 5.97 Å². The van der Waals surface area contributed by atoms with Crippen LogP contribution in [-0.2, 0) is 11.3 Å². The highest BCUT2D eigenvalue weighted by Gasteiger charge is 2.17. The molecule has 2 rings (SSSR count). The molecule has 0 fully saturated rings. The number of aliphatic carboxylic acids is 1. The van der Waals surface area contributed by atoms with Gasteiger partial charge in [-0.15, -0.1) is 10.2 Å². The zero-order chi connectivity index (χ0) is 15.2. The number of hydrogen-bond acceptors (Lipinski definition) is 5. The first-order chi connectivity index (χ1) is 10.1. The summed E-state index contributed by atoms with van der Waals surface area (Å²) < 4.78 is 18.3. The van der Waals surface area contributed by atoms with Gasteiger partial charge in [0.05, 0.1) is 6.54 Å². The second kappa shape index (κ2) is 6.94. The fourth-order valence-electron chi connectivity index (χ4n) is 1.85. The number of carbonyl (C=O) groups is 1. The average molecular weight is 293 g/mol. The lowest BCUT2D eigenvalue weighted by molar-refractivity contribution is -0.139. The molecule has 0 spiro atoms. The van der Waals surface area contributed by atoms with Crippen molar-refractivity contribution in [3.63, 3.8) is 0 Å². The summed E-state index contributed by atoms with van der Waals surface area (Å²) in [6.07, 6.45) is 1.28. The predicted molar refractivity (Wildman–Crippen MR) is 72.9 cm³/mol. The molecule has 2 N–H and O–H groups in total. The Bertz CT molecular complexity index is 598. The monoisotopic (exact) mass is 293 g/mol. The van der Waals surface area contributed by atoms with Gasteiger partial charge in [-0.2, -0.15) is 0 Å². The molecular formula is C14H16FN3O3. The molecule has 1 unspecified atom stereocenters. The Morgan fingerprint density at radius 3 is 2.71 bits per heavy atom. The van der Waals surface area contributed by atoms with Gasteiger partial charge in [-0.1, -0.05) is 13.3 Å². The van der Waals surface area contributed by atoms with Crippen molar-refractivity contribution in [3.8, 4) is 11.5 Å². The van der Waals surface area contributed by atoms with Gasteiger partial charge in [-0.3, -0.25) is 10.1 Å². The Morgan fingerprint density at radius 2 is 2.10 bits per heavy atom. The fourth-order valence-corrected chi connectivity index (χ4v) is 1.85. The highest BCUT2D eigenvalue weighted by molar-refractivity contribution is 5.73. The lowest BCUT2D eigenvalue weighted by atomic mass is 10.2. The predicted octanol–water partition coefficient (Wildman–Crippen LogP) is 2.22. The number of benzene rings is 1. The highest BCUT2D eigenvalue weighted by Crippen LogP contribution is 2.18. The lowest BCUT2D eigenvalue weighted by Crippen LogP contribution is -2.36. The van der Waals surface area contributed by atoms with E-state index in [0.29, 0.717) is 12.0 Å². The van der Waals surface area contributed by atoms with Crippen molar-refractivity contribution in [1.29, 1.82) is 0 Å². The van der Waals surface area contributed by atoms with Crippen molar-refractivity contribution in [2.75, 3.05) is 0 Å². The topological polar surface area (TPSA) is 88.3 Å². The standard InChI is InChI=1S/C14H16FN3O3/c1-2-3-11(14(19)20)16-8-12-17-18-13(21-12)9-4-6-10(15)7-5-9/h4-7,11,16H,2-3,8H2,1H3,(H,19,20). The first kappa shape index (κ1) is 15.1. The summed E-state index contributed by atoms with van der Waals surface area (Å²) >= 11 is 0. The number of aromatic nitrogens is 2. The molecule has 7 heteroatoms. The molecule has 0 bridgehead atoms. The van der Waals surface area contributed by atoms with Crippen molar-refractivity contribution in [2.45, 2.75) is 32.4 Å². The Labute approximate surface area is 121 Å². The minimum absolute atomic E-state index is 0.172. The molecule has 0 saturated heterocycles. The molecule has 0 saturated carbocycles. The second-order valence-corrected chi connectivity index (χ2v) is 4.57. The third-order valence-electron chi connectivity index (χ3n) is 2.93. The molecule has 0 aliphatic heterocycles. The first-order valence-electron chi connectivity index (χ1n) is 6.64. The number of nitrogens with zero attached hydrogens (tertiary/aromatic N) is 2. The molecule has 0 aliphatic rings. The normalized spacial score (nSPS) is 12.3. The molecule has 1 aromatic carbocycles. The Morgan fingerprint density at radius 1 is 1.38 bits per heavy atom. The zero-order valence-electron chi connectivity index (χ0n) is 11.5. The maximum atomic E-state index is 12.8. The SMILES string of the molecule is CCCC(NCc1nnc(-c2ccc(F)cc2)o1)C(=O)O. The first-order valence-corrected chi connectivity index (χ1v) is 6.64. The average Bonchev–Trinajstić information content (AvgIpc) is 2.92. The summed E-state index contributed by atoms with van der Waals surface area (Å²) in [6.45, 7) is 2.09. The molecule has 0 aliphatic carbocycles. The van der Waals surface area contributed by atoms with Gasteiger partial charge in [0.15, 0.2) is 0 Å². The molecule has 2 aromatic rings. The molecular weight excluding hydrogens is 277 g/mol. The molecule has 0 radical (unpaired) electrons. The van der Waals surface area contributed by atoms with Crippen molar-refractivity contribution in [2.24, 2.45) is 0 Å². The van der Waals surface area contributed by atoms with Crippen LogP contribution in [0.5, 0.6) is 0 Å². The molecule has 112 valence electrons. The smallest absolute Gasteiger partial charge is 0.320 e. The van der Waals surface area contributed by atoms with E-state index in [1.807, 2.05) is 6.92 Å². The van der Waals surface area contributed by atoms with E-state index >= 15 is 0 Å². The fraction of sp³-hybridized carbons (Fsp3) is 0.357. The quantitative estimate of drug-likeness (QED) is 0.813. The van der Waals surface area contributed by atoms with Gasteiger partial charge in [0.25, 0.3) is 0 Å². The maximum Gasteiger partial charge on any atom is 0.320 e. The van der Waals surface area contributed by atoms with E-state index in [9.17, 15) is 9.18 Å². The van der Waals surface area contributed by atoms with Crippen molar-refractivity contribution in [1.82, 2.24) is 15.5 Å². The van der Waals surface area contributed by atoms with Crippen molar-refractivity contribution < 1.29 is 18.7 Å². The van der Waals surface area contributed by atoms with Crippen LogP contribution in [0.2, 0.25) is 0 Å². The van der Waals surface area contributed by atoms with Gasteiger partial charge >= 0.3 is 5.97 Å². The van der Waals surface area contributed by atoms with Gasteiger partial charge in [0.1, 0.15) is 11.9 Å². The minimum Gasteiger partial charge on any atom is -0.480 e. The van der Waals surface area contributed by atoms with Crippen LogP contribution in [0.4, 0.5) is 4.39 Å². The summed E-state index contributed by atoms with van der Waals surface area (Å²) in [5.41, 5.74) is 0.610.